The van der Waals surface area contributed by atoms with Crippen LogP contribution in [0.25, 0.3) is 0 Å². The van der Waals surface area contributed by atoms with E-state index < -0.39 is 5.92 Å². The number of Topliss-reactive ketones (excluding diaryl/α,β-unsaturated/α-hetero) is 1. The summed E-state index contributed by atoms with van der Waals surface area (Å²) < 4.78 is 16.5. The van der Waals surface area contributed by atoms with Gasteiger partial charge in [-0.2, -0.15) is 5.26 Å². The summed E-state index contributed by atoms with van der Waals surface area (Å²) in [5.74, 6) is 1.25. The van der Waals surface area contributed by atoms with Crippen LogP contribution < -0.4 is 24.8 Å². The van der Waals surface area contributed by atoms with Gasteiger partial charge in [0.1, 0.15) is 5.82 Å². The van der Waals surface area contributed by atoms with Crippen molar-refractivity contribution in [3.63, 3.8) is 0 Å². The molecule has 172 valence electrons. The predicted octanol–water partition coefficient (Wildman–Crippen LogP) is 4.71. The highest BCUT2D eigenvalue weighted by Crippen LogP contribution is 2.52. The van der Waals surface area contributed by atoms with Gasteiger partial charge < -0.3 is 19.9 Å². The van der Waals surface area contributed by atoms with E-state index in [-0.39, 0.29) is 11.2 Å². The van der Waals surface area contributed by atoms with Crippen molar-refractivity contribution in [2.75, 3.05) is 26.2 Å². The highest BCUT2D eigenvalue weighted by Gasteiger charge is 2.45. The number of benzene rings is 1. The number of allylic oxidation sites excluding steroid dienone is 3. The molecule has 1 aliphatic heterocycles. The first-order valence-corrected chi connectivity index (χ1v) is 11.4. The SMILES string of the molecule is COc1cc(N2C(N)=C(C#N)C(c3cccs3)C3=C2CC(C)(C)CC3=O)cc(OC)c1OC. The van der Waals surface area contributed by atoms with E-state index >= 15 is 0 Å². The van der Waals surface area contributed by atoms with Crippen molar-refractivity contribution in [3.05, 3.63) is 57.2 Å². The maximum atomic E-state index is 13.5. The maximum absolute atomic E-state index is 13.5. The Bertz CT molecular complexity index is 1180. The Balaban J connectivity index is 2.02. The number of thiophene rings is 1. The molecular formula is C25H27N3O4S. The summed E-state index contributed by atoms with van der Waals surface area (Å²) in [6, 6.07) is 9.73. The first-order valence-electron chi connectivity index (χ1n) is 10.6. The van der Waals surface area contributed by atoms with Crippen LogP contribution in [-0.2, 0) is 4.79 Å². The van der Waals surface area contributed by atoms with Crippen LogP contribution in [0.2, 0.25) is 0 Å². The Morgan fingerprint density at radius 1 is 1.15 bits per heavy atom. The Labute approximate surface area is 197 Å². The smallest absolute Gasteiger partial charge is 0.203 e. The Morgan fingerprint density at radius 2 is 1.82 bits per heavy atom. The average Bonchev–Trinajstić information content (AvgIpc) is 3.31. The highest BCUT2D eigenvalue weighted by molar-refractivity contribution is 7.10. The zero-order chi connectivity index (χ0) is 23.9. The van der Waals surface area contributed by atoms with Crippen molar-refractivity contribution in [2.24, 2.45) is 11.1 Å². The summed E-state index contributed by atoms with van der Waals surface area (Å²) in [5, 5.41) is 12.1. The van der Waals surface area contributed by atoms with E-state index in [2.05, 4.69) is 19.9 Å². The lowest BCUT2D eigenvalue weighted by Crippen LogP contribution is -2.42. The Kier molecular flexibility index (Phi) is 5.85. The molecule has 2 aliphatic rings. The van der Waals surface area contributed by atoms with Crippen LogP contribution in [0.4, 0.5) is 5.69 Å². The molecule has 0 amide bonds. The quantitative estimate of drug-likeness (QED) is 0.682. The number of nitriles is 1. The zero-order valence-electron chi connectivity index (χ0n) is 19.4. The molecule has 0 saturated carbocycles. The summed E-state index contributed by atoms with van der Waals surface area (Å²) in [5.41, 5.74) is 8.87. The number of hydrogen-bond donors (Lipinski definition) is 1. The minimum atomic E-state index is -0.466. The fourth-order valence-electron chi connectivity index (χ4n) is 4.74. The van der Waals surface area contributed by atoms with Gasteiger partial charge in [-0.15, -0.1) is 11.3 Å². The van der Waals surface area contributed by atoms with Gasteiger partial charge in [-0.3, -0.25) is 9.69 Å². The normalized spacial score (nSPS) is 19.8. The molecular weight excluding hydrogens is 438 g/mol. The van der Waals surface area contributed by atoms with Gasteiger partial charge in [0.15, 0.2) is 17.3 Å². The van der Waals surface area contributed by atoms with Gasteiger partial charge in [-0.05, 0) is 23.3 Å². The van der Waals surface area contributed by atoms with Crippen molar-refractivity contribution in [2.45, 2.75) is 32.6 Å². The number of nitrogens with two attached hydrogens (primary N) is 1. The summed E-state index contributed by atoms with van der Waals surface area (Å²) in [6.45, 7) is 4.14. The van der Waals surface area contributed by atoms with Gasteiger partial charge in [-0.25, -0.2) is 0 Å². The van der Waals surface area contributed by atoms with Crippen molar-refractivity contribution < 1.29 is 19.0 Å². The molecule has 0 bridgehead atoms. The van der Waals surface area contributed by atoms with Crippen molar-refractivity contribution in [1.82, 2.24) is 0 Å². The lowest BCUT2D eigenvalue weighted by Gasteiger charge is -2.43. The molecule has 8 heteroatoms. The van der Waals surface area contributed by atoms with Gasteiger partial charge in [0, 0.05) is 34.7 Å². The van der Waals surface area contributed by atoms with Crippen LogP contribution in [0.15, 0.2) is 52.3 Å². The van der Waals surface area contributed by atoms with E-state index in [1.165, 1.54) is 18.4 Å². The third kappa shape index (κ3) is 3.72. The van der Waals surface area contributed by atoms with E-state index in [9.17, 15) is 10.1 Å². The number of nitrogens with zero attached hydrogens (tertiary/aromatic N) is 2. The molecule has 1 atom stereocenters. The van der Waals surface area contributed by atoms with E-state index in [1.54, 1.807) is 31.3 Å². The number of rotatable bonds is 5. The third-order valence-electron chi connectivity index (χ3n) is 6.12. The van der Waals surface area contributed by atoms with Crippen LogP contribution in [-0.4, -0.2) is 27.1 Å². The topological polar surface area (TPSA) is 97.8 Å². The number of carbonyl (C=O) groups is 1. The van der Waals surface area contributed by atoms with Crippen molar-refractivity contribution >= 4 is 22.8 Å². The van der Waals surface area contributed by atoms with Crippen LogP contribution in [0.3, 0.4) is 0 Å². The summed E-state index contributed by atoms with van der Waals surface area (Å²) in [4.78, 5) is 16.3. The second kappa shape index (κ2) is 8.49. The minimum absolute atomic E-state index is 0.0392. The summed E-state index contributed by atoms with van der Waals surface area (Å²) in [7, 11) is 4.63. The third-order valence-corrected chi connectivity index (χ3v) is 7.05. The first-order chi connectivity index (χ1) is 15.8. The highest BCUT2D eigenvalue weighted by atomic mass is 32.1. The van der Waals surface area contributed by atoms with Gasteiger partial charge in [0.25, 0.3) is 0 Å². The number of carbonyl (C=O) groups excluding carboxylic acids is 1. The molecule has 7 nitrogen and oxygen atoms in total. The Hall–Kier alpha value is -3.44. The molecule has 2 heterocycles. The average molecular weight is 466 g/mol. The van der Waals surface area contributed by atoms with Crippen LogP contribution in [0.5, 0.6) is 17.2 Å². The molecule has 0 saturated heterocycles. The van der Waals surface area contributed by atoms with Gasteiger partial charge in [0.2, 0.25) is 5.75 Å². The largest absolute Gasteiger partial charge is 0.493 e. The maximum Gasteiger partial charge on any atom is 0.203 e. The number of hydrogen-bond acceptors (Lipinski definition) is 8. The molecule has 0 spiro atoms. The number of anilines is 1. The standard InChI is InChI=1S/C25H27N3O4S/c1-25(2)11-16-22(17(29)12-25)21(20-7-6-8-33-20)15(13-26)24(27)28(16)14-9-18(30-3)23(32-5)19(10-14)31-4/h6-10,21H,11-12,27H2,1-5H3. The van der Waals surface area contributed by atoms with Gasteiger partial charge >= 0.3 is 0 Å². The Morgan fingerprint density at radius 3 is 2.33 bits per heavy atom. The monoisotopic (exact) mass is 465 g/mol. The first kappa shape index (κ1) is 22.7. The van der Waals surface area contributed by atoms with E-state index in [0.29, 0.717) is 52.7 Å². The number of methoxy groups -OCH3 is 3. The molecule has 4 rings (SSSR count). The number of ether oxygens (including phenoxy) is 3. The fraction of sp³-hybridized carbons (Fsp3) is 0.360. The minimum Gasteiger partial charge on any atom is -0.493 e. The molecule has 1 aromatic heterocycles. The van der Waals surface area contributed by atoms with Crippen LogP contribution in [0, 0.1) is 16.7 Å². The molecule has 2 aromatic rings. The molecule has 1 aromatic carbocycles. The summed E-state index contributed by atoms with van der Waals surface area (Å²) in [6.07, 6.45) is 1.04. The second-order valence-corrected chi connectivity index (χ2v) is 9.86. The molecule has 1 aliphatic carbocycles. The fourth-order valence-corrected chi connectivity index (χ4v) is 5.58. The van der Waals surface area contributed by atoms with Gasteiger partial charge in [0.05, 0.1) is 44.6 Å². The van der Waals surface area contributed by atoms with Crippen LogP contribution in [0.1, 0.15) is 37.5 Å². The molecule has 1 unspecified atom stereocenters. The van der Waals surface area contributed by atoms with Gasteiger partial charge in [-0.1, -0.05) is 19.9 Å². The lowest BCUT2D eigenvalue weighted by molar-refractivity contribution is -0.118. The zero-order valence-corrected chi connectivity index (χ0v) is 20.2. The molecule has 0 fully saturated rings. The lowest BCUT2D eigenvalue weighted by atomic mass is 9.69. The van der Waals surface area contributed by atoms with E-state index in [0.717, 1.165) is 10.6 Å². The van der Waals surface area contributed by atoms with Crippen molar-refractivity contribution in [1.29, 1.82) is 5.26 Å². The second-order valence-electron chi connectivity index (χ2n) is 8.88. The summed E-state index contributed by atoms with van der Waals surface area (Å²) >= 11 is 1.52. The molecule has 33 heavy (non-hydrogen) atoms. The van der Waals surface area contributed by atoms with Crippen LogP contribution >= 0.6 is 11.3 Å². The molecule has 2 N–H and O–H groups in total. The van der Waals surface area contributed by atoms with E-state index in [1.807, 2.05) is 17.5 Å². The van der Waals surface area contributed by atoms with E-state index in [4.69, 9.17) is 19.9 Å². The number of ketones is 1. The molecule has 0 radical (unpaired) electrons. The predicted molar refractivity (Wildman–Crippen MR) is 128 cm³/mol. The van der Waals surface area contributed by atoms with Crippen molar-refractivity contribution in [3.8, 4) is 23.3 Å².